The van der Waals surface area contributed by atoms with Gasteiger partial charge in [0.1, 0.15) is 23.7 Å². The molecule has 0 unspecified atom stereocenters. The Bertz CT molecular complexity index is 994. The van der Waals surface area contributed by atoms with Crippen LogP contribution in [0.15, 0.2) is 28.8 Å². The van der Waals surface area contributed by atoms with Crippen molar-refractivity contribution in [3.8, 4) is 0 Å². The number of halogens is 3. The summed E-state index contributed by atoms with van der Waals surface area (Å²) in [5.74, 6) is -3.47. The van der Waals surface area contributed by atoms with Gasteiger partial charge in [-0.05, 0) is 11.4 Å². The molecule has 10 nitrogen and oxygen atoms in total. The van der Waals surface area contributed by atoms with E-state index in [1.807, 2.05) is 11.4 Å². The van der Waals surface area contributed by atoms with Gasteiger partial charge >= 0.3 is 12.1 Å². The summed E-state index contributed by atoms with van der Waals surface area (Å²) in [6.45, 7) is -0.514. The van der Waals surface area contributed by atoms with Crippen molar-refractivity contribution in [3.05, 3.63) is 33.7 Å². The molecule has 0 aromatic carbocycles. The highest BCUT2D eigenvalue weighted by Crippen LogP contribution is 2.40. The molecule has 15 heteroatoms. The molecule has 3 N–H and O–H groups in total. The molecule has 0 spiro atoms. The molecule has 1 saturated heterocycles. The lowest BCUT2D eigenvalue weighted by Crippen LogP contribution is -2.70. The van der Waals surface area contributed by atoms with E-state index < -0.39 is 45.7 Å². The van der Waals surface area contributed by atoms with E-state index >= 15 is 0 Å². The predicted octanol–water partition coefficient (Wildman–Crippen LogP) is 1.65. The zero-order valence-corrected chi connectivity index (χ0v) is 19.7. The highest BCUT2D eigenvalue weighted by atomic mass is 35.6. The van der Waals surface area contributed by atoms with Crippen molar-refractivity contribution in [2.75, 3.05) is 12.4 Å². The van der Waals surface area contributed by atoms with E-state index in [1.165, 1.54) is 23.1 Å². The second-order valence-electron chi connectivity index (χ2n) is 6.50. The highest BCUT2D eigenvalue weighted by Gasteiger charge is 2.54. The molecule has 0 aliphatic carbocycles. The van der Waals surface area contributed by atoms with Crippen LogP contribution in [0.1, 0.15) is 4.88 Å². The molecule has 3 rings (SSSR count). The van der Waals surface area contributed by atoms with Crippen LogP contribution in [0.25, 0.3) is 0 Å². The number of aliphatic carboxylic acids is 1. The monoisotopic (exact) mass is 541 g/mol. The first-order chi connectivity index (χ1) is 15.0. The van der Waals surface area contributed by atoms with E-state index in [0.717, 1.165) is 9.78 Å². The Morgan fingerprint density at radius 2 is 2.00 bits per heavy atom. The van der Waals surface area contributed by atoms with Crippen LogP contribution in [0.4, 0.5) is 4.79 Å². The van der Waals surface area contributed by atoms with Gasteiger partial charge in [0.2, 0.25) is 5.91 Å². The zero-order chi connectivity index (χ0) is 23.6. The summed E-state index contributed by atoms with van der Waals surface area (Å²) in [5, 5.41) is 15.1. The van der Waals surface area contributed by atoms with Crippen molar-refractivity contribution in [1.82, 2.24) is 15.5 Å². The molecule has 1 fully saturated rings. The van der Waals surface area contributed by atoms with E-state index in [2.05, 4.69) is 5.32 Å². The van der Waals surface area contributed by atoms with Crippen molar-refractivity contribution in [2.24, 2.45) is 0 Å². The number of ether oxygens (including phenoxy) is 1. The van der Waals surface area contributed by atoms with Gasteiger partial charge in [-0.1, -0.05) is 40.9 Å². The van der Waals surface area contributed by atoms with E-state index in [-0.39, 0.29) is 29.4 Å². The number of amides is 4. The molecular formula is C17H14Cl3N3O7S2. The highest BCUT2D eigenvalue weighted by molar-refractivity contribution is 8.00. The Labute approximate surface area is 204 Å². The first kappa shape index (κ1) is 24.6. The minimum Gasteiger partial charge on any atom is -0.477 e. The minimum absolute atomic E-state index is 0.110. The number of hydrogen-bond acceptors (Lipinski definition) is 8. The summed E-state index contributed by atoms with van der Waals surface area (Å²) in [5.41, 5.74) is -0.213. The van der Waals surface area contributed by atoms with Crippen molar-refractivity contribution in [2.45, 2.75) is 21.6 Å². The first-order valence-electron chi connectivity index (χ1n) is 8.75. The number of alkyl halides is 3. The molecule has 2 aliphatic heterocycles. The van der Waals surface area contributed by atoms with Gasteiger partial charge in [0.25, 0.3) is 15.6 Å². The topological polar surface area (TPSA) is 142 Å². The van der Waals surface area contributed by atoms with E-state index in [9.17, 15) is 29.1 Å². The Balaban J connectivity index is 1.63. The van der Waals surface area contributed by atoms with Crippen molar-refractivity contribution in [1.29, 1.82) is 0 Å². The maximum atomic E-state index is 12.6. The molecule has 4 amide bonds. The summed E-state index contributed by atoms with van der Waals surface area (Å²) < 4.78 is 2.45. The second kappa shape index (κ2) is 9.87. The molecule has 0 bridgehead atoms. The number of alkyl carbamates (subject to hydrolysis) is 1. The number of carboxylic acid groups (broad SMARTS) is 1. The van der Waals surface area contributed by atoms with E-state index in [0.29, 0.717) is 0 Å². The van der Waals surface area contributed by atoms with Crippen molar-refractivity contribution >= 4 is 87.7 Å². The van der Waals surface area contributed by atoms with Crippen LogP contribution in [-0.4, -0.2) is 67.4 Å². The van der Waals surface area contributed by atoms with Crippen LogP contribution in [0.2, 0.25) is 0 Å². The smallest absolute Gasteiger partial charge is 0.414 e. The predicted molar refractivity (Wildman–Crippen MR) is 117 cm³/mol. The van der Waals surface area contributed by atoms with Crippen LogP contribution in [0.3, 0.4) is 0 Å². The number of carboxylic acids is 1. The number of rotatable bonds is 6. The van der Waals surface area contributed by atoms with Gasteiger partial charge in [-0.3, -0.25) is 24.6 Å². The first-order valence-corrected chi connectivity index (χ1v) is 11.8. The number of carbonyl (C=O) groups excluding carboxylic acids is 4. The van der Waals surface area contributed by atoms with Crippen molar-refractivity contribution < 1.29 is 33.8 Å². The molecule has 2 aliphatic rings. The van der Waals surface area contributed by atoms with Crippen LogP contribution in [-0.2, 0) is 30.3 Å². The third-order valence-corrected chi connectivity index (χ3v) is 7.06. The Morgan fingerprint density at radius 1 is 1.28 bits per heavy atom. The van der Waals surface area contributed by atoms with Gasteiger partial charge < -0.3 is 15.2 Å². The Morgan fingerprint density at radius 3 is 2.59 bits per heavy atom. The number of hydrogen-bond donors (Lipinski definition) is 3. The molecule has 1 aromatic rings. The van der Waals surface area contributed by atoms with E-state index in [1.54, 1.807) is 11.4 Å². The van der Waals surface area contributed by atoms with Crippen LogP contribution >= 0.6 is 57.9 Å². The average molecular weight is 543 g/mol. The number of carbonyl (C=O) groups is 5. The standard InChI is InChI=1S/C17H14Cl3N3O7S2/c18-17(19,20)15(28)22-16(29)30-5-7-6-32-13-10(12(25)23(13)11(7)14(26)27)21-9(24)4-8-2-1-3-31-8/h1-3,10,13H,4-6H2,(H,21,24)(H,26,27)(H,22,28,29)/t10-,13-/m1/s1. The van der Waals surface area contributed by atoms with Gasteiger partial charge in [0, 0.05) is 16.2 Å². The molecule has 0 saturated carbocycles. The fraction of sp³-hybridized carbons (Fsp3) is 0.353. The average Bonchev–Trinajstić information content (AvgIpc) is 3.21. The van der Waals surface area contributed by atoms with Gasteiger partial charge in [-0.2, -0.15) is 0 Å². The number of fused-ring (bicyclic) bond motifs is 1. The Hall–Kier alpha value is -1.99. The number of imide groups is 1. The molecule has 2 atom stereocenters. The van der Waals surface area contributed by atoms with Gasteiger partial charge in [-0.25, -0.2) is 9.59 Å². The lowest BCUT2D eigenvalue weighted by molar-refractivity contribution is -0.150. The summed E-state index contributed by atoms with van der Waals surface area (Å²) in [7, 11) is 0. The maximum Gasteiger partial charge on any atom is 0.414 e. The van der Waals surface area contributed by atoms with Gasteiger partial charge in [0.15, 0.2) is 0 Å². The summed E-state index contributed by atoms with van der Waals surface area (Å²) in [6.07, 6.45) is -1.14. The zero-order valence-electron chi connectivity index (χ0n) is 15.8. The number of thioether (sulfide) groups is 1. The lowest BCUT2D eigenvalue weighted by atomic mass is 10.0. The third-order valence-electron chi connectivity index (χ3n) is 4.33. The number of β-lactam (4-membered cyclic amide) rings is 1. The number of nitrogens with one attached hydrogen (secondary N) is 2. The molecule has 0 radical (unpaired) electrons. The quantitative estimate of drug-likeness (QED) is 0.364. The molecule has 1 aromatic heterocycles. The third kappa shape index (κ3) is 5.49. The normalized spacial score (nSPS) is 20.2. The Kier molecular flexibility index (Phi) is 7.61. The number of nitrogens with zero attached hydrogens (tertiary/aromatic N) is 1. The van der Waals surface area contributed by atoms with Gasteiger partial charge in [0.05, 0.1) is 6.42 Å². The molecular weight excluding hydrogens is 529 g/mol. The van der Waals surface area contributed by atoms with Crippen LogP contribution in [0.5, 0.6) is 0 Å². The van der Waals surface area contributed by atoms with Crippen molar-refractivity contribution in [3.63, 3.8) is 0 Å². The number of thiophene rings is 1. The van der Waals surface area contributed by atoms with Crippen LogP contribution in [0, 0.1) is 0 Å². The summed E-state index contributed by atoms with van der Waals surface area (Å²) in [6, 6.07) is 2.74. The minimum atomic E-state index is -2.38. The second-order valence-corrected chi connectivity index (χ2v) is 10.9. The fourth-order valence-electron chi connectivity index (χ4n) is 2.94. The summed E-state index contributed by atoms with van der Waals surface area (Å²) in [4.78, 5) is 61.6. The molecule has 3 heterocycles. The molecule has 172 valence electrons. The maximum absolute atomic E-state index is 12.6. The summed E-state index contributed by atoms with van der Waals surface area (Å²) >= 11 is 18.6. The lowest BCUT2D eigenvalue weighted by Gasteiger charge is -2.49. The fourth-order valence-corrected chi connectivity index (χ4v) is 5.12. The van der Waals surface area contributed by atoms with Gasteiger partial charge in [-0.15, -0.1) is 23.1 Å². The molecule has 32 heavy (non-hydrogen) atoms. The van der Waals surface area contributed by atoms with E-state index in [4.69, 9.17) is 39.5 Å². The SMILES string of the molecule is O=C(Cc1cccs1)N[C@@H]1C(=O)N2C(C(=O)O)=C(COC(=O)NC(=O)C(Cl)(Cl)Cl)CS[C@H]12. The largest absolute Gasteiger partial charge is 0.477 e. The van der Waals surface area contributed by atoms with Crippen LogP contribution < -0.4 is 10.6 Å².